The molecule has 0 fully saturated rings. The number of benzene rings is 2. The molecule has 0 amide bonds. The lowest BCUT2D eigenvalue weighted by Crippen LogP contribution is -2.22. The Morgan fingerprint density at radius 1 is 1.17 bits per heavy atom. The fourth-order valence-corrected chi connectivity index (χ4v) is 2.18. The molecule has 0 aliphatic carbocycles. The van der Waals surface area contributed by atoms with Crippen molar-refractivity contribution in [2.24, 2.45) is 10.7 Å². The zero-order valence-electron chi connectivity index (χ0n) is 14.0. The molecule has 0 aliphatic rings. The van der Waals surface area contributed by atoms with Gasteiger partial charge in [-0.25, -0.2) is 4.99 Å². The summed E-state index contributed by atoms with van der Waals surface area (Å²) in [5, 5.41) is 11.9. The van der Waals surface area contributed by atoms with E-state index >= 15 is 0 Å². The number of guanidine groups is 1. The molecule has 1 atom stereocenters. The number of anilines is 1. The van der Waals surface area contributed by atoms with Gasteiger partial charge in [-0.15, -0.1) is 24.0 Å². The average Bonchev–Trinajstić information content (AvgIpc) is 2.60. The highest BCUT2D eigenvalue weighted by Crippen LogP contribution is 2.20. The monoisotopic (exact) mass is 434 g/mol. The van der Waals surface area contributed by atoms with E-state index < -0.39 is 0 Å². The van der Waals surface area contributed by atoms with Gasteiger partial charge in [-0.1, -0.05) is 38.1 Å². The summed E-state index contributed by atoms with van der Waals surface area (Å²) in [6, 6.07) is 17.7. The van der Waals surface area contributed by atoms with Gasteiger partial charge in [0.05, 0.1) is 18.2 Å². The molecule has 0 radical (unpaired) electrons. The fourth-order valence-electron chi connectivity index (χ4n) is 2.18. The lowest BCUT2D eigenvalue weighted by molar-refractivity contribution is 0.734. The summed E-state index contributed by atoms with van der Waals surface area (Å²) in [4.78, 5) is 4.32. The topological polar surface area (TPSA) is 74.2 Å². The summed E-state index contributed by atoms with van der Waals surface area (Å²) >= 11 is 0. The smallest absolute Gasteiger partial charge is 0.193 e. The first kappa shape index (κ1) is 20.0. The third kappa shape index (κ3) is 5.85. The number of halogens is 1. The van der Waals surface area contributed by atoms with Crippen LogP contribution in [0.15, 0.2) is 53.5 Å². The van der Waals surface area contributed by atoms with Crippen LogP contribution >= 0.6 is 24.0 Å². The van der Waals surface area contributed by atoms with Crippen molar-refractivity contribution in [2.45, 2.75) is 32.7 Å². The van der Waals surface area contributed by atoms with Crippen LogP contribution in [0.3, 0.4) is 0 Å². The van der Waals surface area contributed by atoms with Crippen molar-refractivity contribution in [1.82, 2.24) is 0 Å². The van der Waals surface area contributed by atoms with E-state index in [1.165, 1.54) is 5.56 Å². The highest BCUT2D eigenvalue weighted by atomic mass is 127. The van der Waals surface area contributed by atoms with Gasteiger partial charge in [0.2, 0.25) is 0 Å². The lowest BCUT2D eigenvalue weighted by atomic mass is 9.99. The van der Waals surface area contributed by atoms with Gasteiger partial charge in [0.1, 0.15) is 0 Å². The Morgan fingerprint density at radius 2 is 1.79 bits per heavy atom. The molecular formula is C19H23IN4. The number of hydrogen-bond acceptors (Lipinski definition) is 2. The minimum absolute atomic E-state index is 0. The Bertz CT molecular complexity index is 700. The third-order valence-corrected chi connectivity index (χ3v) is 3.88. The summed E-state index contributed by atoms with van der Waals surface area (Å²) in [6.07, 6.45) is 1.13. The molecule has 5 heteroatoms. The molecule has 2 aromatic rings. The van der Waals surface area contributed by atoms with Crippen LogP contribution in [0.2, 0.25) is 0 Å². The zero-order valence-corrected chi connectivity index (χ0v) is 16.3. The van der Waals surface area contributed by atoms with Crippen molar-refractivity contribution < 1.29 is 0 Å². The molecule has 0 spiro atoms. The van der Waals surface area contributed by atoms with Crippen LogP contribution in [0.5, 0.6) is 0 Å². The minimum atomic E-state index is 0. The van der Waals surface area contributed by atoms with Gasteiger partial charge in [0.15, 0.2) is 5.96 Å². The van der Waals surface area contributed by atoms with E-state index in [0.29, 0.717) is 24.0 Å². The van der Waals surface area contributed by atoms with E-state index in [9.17, 15) is 0 Å². The van der Waals surface area contributed by atoms with Crippen LogP contribution in [-0.2, 0) is 6.54 Å². The number of nitrogens with one attached hydrogen (secondary N) is 1. The Morgan fingerprint density at radius 3 is 2.33 bits per heavy atom. The van der Waals surface area contributed by atoms with Crippen molar-refractivity contribution in [3.63, 3.8) is 0 Å². The number of aliphatic imine (C=N–C) groups is 1. The van der Waals surface area contributed by atoms with Crippen LogP contribution in [-0.4, -0.2) is 5.96 Å². The summed E-state index contributed by atoms with van der Waals surface area (Å²) in [6.45, 7) is 4.88. The molecule has 0 bridgehead atoms. The second-order valence-corrected chi connectivity index (χ2v) is 5.57. The van der Waals surface area contributed by atoms with Crippen molar-refractivity contribution in [2.75, 3.05) is 5.32 Å². The molecular weight excluding hydrogens is 411 g/mol. The molecule has 0 heterocycles. The van der Waals surface area contributed by atoms with Crippen molar-refractivity contribution in [1.29, 1.82) is 5.26 Å². The quantitative estimate of drug-likeness (QED) is 0.410. The summed E-state index contributed by atoms with van der Waals surface area (Å²) in [7, 11) is 0. The fraction of sp³-hybridized carbons (Fsp3) is 0.263. The van der Waals surface area contributed by atoms with E-state index in [1.54, 1.807) is 12.1 Å². The molecule has 0 saturated carbocycles. The second-order valence-electron chi connectivity index (χ2n) is 5.57. The van der Waals surface area contributed by atoms with E-state index in [-0.39, 0.29) is 24.0 Å². The van der Waals surface area contributed by atoms with Crippen molar-refractivity contribution >= 4 is 35.6 Å². The molecule has 0 aromatic heterocycles. The van der Waals surface area contributed by atoms with E-state index in [0.717, 1.165) is 17.7 Å². The number of rotatable bonds is 5. The number of nitriles is 1. The molecule has 24 heavy (non-hydrogen) atoms. The largest absolute Gasteiger partial charge is 0.370 e. The molecule has 4 nitrogen and oxygen atoms in total. The summed E-state index contributed by atoms with van der Waals surface area (Å²) in [5.41, 5.74) is 9.83. The Balaban J connectivity index is 0.00000288. The van der Waals surface area contributed by atoms with Crippen LogP contribution in [0, 0.1) is 11.3 Å². The maximum absolute atomic E-state index is 8.77. The average molecular weight is 434 g/mol. The predicted molar refractivity (Wildman–Crippen MR) is 111 cm³/mol. The molecule has 2 aromatic carbocycles. The Hall–Kier alpha value is -2.07. The first-order valence-corrected chi connectivity index (χ1v) is 7.78. The summed E-state index contributed by atoms with van der Waals surface area (Å²) in [5.74, 6) is 0.942. The molecule has 0 saturated heterocycles. The molecule has 2 rings (SSSR count). The van der Waals surface area contributed by atoms with Crippen molar-refractivity contribution in [3.05, 3.63) is 65.2 Å². The van der Waals surface area contributed by atoms with Crippen LogP contribution in [0.1, 0.15) is 42.9 Å². The maximum atomic E-state index is 8.77. The number of nitrogens with zero attached hydrogens (tertiary/aromatic N) is 2. The normalized spacial score (nSPS) is 12.0. The standard InChI is InChI=1S/C19H22N4.HI/c1-3-14(2)17-8-10-18(11-9-17)23-19(21)22-13-16-6-4-15(12-20)5-7-16;/h4-11,14H,3,13H2,1-2H3,(H3,21,22,23);1H. The van der Waals surface area contributed by atoms with Crippen LogP contribution in [0.25, 0.3) is 0 Å². The first-order valence-electron chi connectivity index (χ1n) is 7.78. The SMILES string of the molecule is CCC(C)c1ccc(NC(N)=NCc2ccc(C#N)cc2)cc1.I. The highest BCUT2D eigenvalue weighted by Gasteiger charge is 2.02. The van der Waals surface area contributed by atoms with E-state index in [4.69, 9.17) is 11.0 Å². The molecule has 1 unspecified atom stereocenters. The highest BCUT2D eigenvalue weighted by molar-refractivity contribution is 14.0. The van der Waals surface area contributed by atoms with Crippen LogP contribution in [0.4, 0.5) is 5.69 Å². The zero-order chi connectivity index (χ0) is 16.7. The lowest BCUT2D eigenvalue weighted by Gasteiger charge is -2.10. The van der Waals surface area contributed by atoms with Gasteiger partial charge < -0.3 is 11.1 Å². The maximum Gasteiger partial charge on any atom is 0.193 e. The van der Waals surface area contributed by atoms with Gasteiger partial charge in [-0.3, -0.25) is 0 Å². The van der Waals surface area contributed by atoms with Gasteiger partial charge >= 0.3 is 0 Å². The molecule has 126 valence electrons. The number of nitrogens with two attached hydrogens (primary N) is 1. The van der Waals surface area contributed by atoms with Crippen LogP contribution < -0.4 is 11.1 Å². The van der Waals surface area contributed by atoms with Crippen molar-refractivity contribution in [3.8, 4) is 6.07 Å². The van der Waals surface area contributed by atoms with E-state index in [2.05, 4.69) is 42.4 Å². The number of hydrogen-bond donors (Lipinski definition) is 2. The minimum Gasteiger partial charge on any atom is -0.370 e. The van der Waals surface area contributed by atoms with Gasteiger partial charge in [0, 0.05) is 5.69 Å². The Kier molecular flexibility index (Phi) is 8.27. The summed E-state index contributed by atoms with van der Waals surface area (Å²) < 4.78 is 0. The van der Waals surface area contributed by atoms with Gasteiger partial charge in [-0.05, 0) is 47.7 Å². The van der Waals surface area contributed by atoms with E-state index in [1.807, 2.05) is 24.3 Å². The third-order valence-electron chi connectivity index (χ3n) is 3.88. The van der Waals surface area contributed by atoms with Gasteiger partial charge in [0.25, 0.3) is 0 Å². The molecule has 0 aliphatic heterocycles. The Labute approximate surface area is 160 Å². The second kappa shape index (κ2) is 9.93. The van der Waals surface area contributed by atoms with Gasteiger partial charge in [-0.2, -0.15) is 5.26 Å². The first-order chi connectivity index (χ1) is 11.1. The predicted octanol–water partition coefficient (Wildman–Crippen LogP) is 4.62. The molecule has 3 N–H and O–H groups in total.